The van der Waals surface area contributed by atoms with Crippen LogP contribution in [-0.4, -0.2) is 99.6 Å². The van der Waals surface area contributed by atoms with E-state index in [0.29, 0.717) is 19.3 Å². The summed E-state index contributed by atoms with van der Waals surface area (Å²) in [6.07, 6.45) is 56.6. The minimum atomic E-state index is -1.64. The summed E-state index contributed by atoms with van der Waals surface area (Å²) < 4.78 is 17.6. The molecule has 6 N–H and O–H groups in total. The molecule has 0 bridgehead atoms. The van der Waals surface area contributed by atoms with Crippen molar-refractivity contribution in [1.29, 1.82) is 0 Å². The molecule has 0 aromatic heterocycles. The summed E-state index contributed by atoms with van der Waals surface area (Å²) >= 11 is 0. The van der Waals surface area contributed by atoms with E-state index >= 15 is 0 Å². The summed E-state index contributed by atoms with van der Waals surface area (Å²) in [6.45, 7) is 5.66. The fourth-order valence-electron chi connectivity index (χ4n) is 9.45. The van der Waals surface area contributed by atoms with Crippen LogP contribution < -0.4 is 5.32 Å². The lowest BCUT2D eigenvalue weighted by atomic mass is 9.99. The van der Waals surface area contributed by atoms with Gasteiger partial charge in [0.2, 0.25) is 5.91 Å². The molecular formula is C65H115NO10. The van der Waals surface area contributed by atoms with Gasteiger partial charge in [-0.1, -0.05) is 267 Å². The van der Waals surface area contributed by atoms with E-state index < -0.39 is 67.4 Å². The summed E-state index contributed by atoms with van der Waals surface area (Å²) in [5.74, 6) is -1.25. The van der Waals surface area contributed by atoms with Crippen molar-refractivity contribution in [2.45, 2.75) is 314 Å². The topological polar surface area (TPSA) is 175 Å². The number of unbranched alkanes of at least 4 members (excludes halogenated alkanes) is 28. The zero-order valence-corrected chi connectivity index (χ0v) is 48.6. The molecule has 8 atom stereocenters. The number of carbonyl (C=O) groups excluding carboxylic acids is 2. The standard InChI is InChI=1S/C65H115NO10/c1-4-7-10-13-16-19-22-25-27-29-31-32-34-37-40-43-46-49-52-58(69)64(73)66-56(57(68)51-48-45-42-39-36-24-21-18-15-12-9-6-3)55-74-65-63(62(72)61(71)59(54-67)75-65)76-60(70)53-50-47-44-41-38-35-33-30-28-26-23-20-17-14-11-8-5-2/h8,11,17,20,26,28,33,35,41,44,48,51,56-59,61-63,65,67-69,71-72H,4-7,9-10,12-16,18-19,21-25,27,29-32,34,36-40,42-43,45-47,49-50,52-55H2,1-3H3,(H,66,73)/b11-8-,20-17-,28-26-,35-33-,44-41-,51-48+. The quantitative estimate of drug-likeness (QED) is 0.0195. The molecule has 0 radical (unpaired) electrons. The maximum atomic E-state index is 13.4. The molecular weight excluding hydrogens is 955 g/mol. The fraction of sp³-hybridized carbons (Fsp3) is 0.785. The molecule has 8 unspecified atom stereocenters. The van der Waals surface area contributed by atoms with Crippen LogP contribution in [0, 0.1) is 0 Å². The normalized spacial score (nSPS) is 19.6. The number of rotatable bonds is 52. The molecule has 11 heteroatoms. The van der Waals surface area contributed by atoms with Crippen LogP contribution in [0.25, 0.3) is 0 Å². The van der Waals surface area contributed by atoms with Crippen LogP contribution >= 0.6 is 0 Å². The first-order valence-electron chi connectivity index (χ1n) is 31.2. The molecule has 1 saturated heterocycles. The maximum Gasteiger partial charge on any atom is 0.306 e. The van der Waals surface area contributed by atoms with Crippen molar-refractivity contribution in [3.05, 3.63) is 72.9 Å². The van der Waals surface area contributed by atoms with Crippen LogP contribution in [0.3, 0.4) is 0 Å². The second kappa shape index (κ2) is 52.8. The number of amides is 1. The van der Waals surface area contributed by atoms with Crippen molar-refractivity contribution in [2.24, 2.45) is 0 Å². The summed E-state index contributed by atoms with van der Waals surface area (Å²) in [4.78, 5) is 26.5. The van der Waals surface area contributed by atoms with Gasteiger partial charge in [-0.05, 0) is 64.2 Å². The van der Waals surface area contributed by atoms with E-state index in [-0.39, 0.29) is 19.4 Å². The highest BCUT2D eigenvalue weighted by Crippen LogP contribution is 2.26. The molecule has 0 saturated carbocycles. The highest BCUT2D eigenvalue weighted by atomic mass is 16.7. The summed E-state index contributed by atoms with van der Waals surface area (Å²) in [7, 11) is 0. The van der Waals surface area contributed by atoms with Gasteiger partial charge in [-0.3, -0.25) is 9.59 Å². The van der Waals surface area contributed by atoms with Crippen molar-refractivity contribution in [3.8, 4) is 0 Å². The number of aliphatic hydroxyl groups is 5. The average Bonchev–Trinajstić information content (AvgIpc) is 3.42. The fourth-order valence-corrected chi connectivity index (χ4v) is 9.45. The van der Waals surface area contributed by atoms with Gasteiger partial charge in [0.1, 0.15) is 24.4 Å². The molecule has 0 aliphatic carbocycles. The molecule has 1 amide bonds. The van der Waals surface area contributed by atoms with Crippen molar-refractivity contribution < 1.29 is 49.3 Å². The van der Waals surface area contributed by atoms with Gasteiger partial charge in [0.05, 0.1) is 25.4 Å². The summed E-state index contributed by atoms with van der Waals surface area (Å²) in [6, 6.07) is -1.04. The van der Waals surface area contributed by atoms with Crippen molar-refractivity contribution in [3.63, 3.8) is 0 Å². The molecule has 76 heavy (non-hydrogen) atoms. The predicted octanol–water partition coefficient (Wildman–Crippen LogP) is 14.8. The van der Waals surface area contributed by atoms with E-state index in [0.717, 1.165) is 70.6 Å². The Morgan fingerprint density at radius 3 is 1.41 bits per heavy atom. The Labute approximate surface area is 464 Å². The van der Waals surface area contributed by atoms with Crippen LogP contribution in [-0.2, 0) is 23.8 Å². The number of allylic oxidation sites excluding steroid dienone is 11. The molecule has 1 fully saturated rings. The van der Waals surface area contributed by atoms with Gasteiger partial charge in [-0.15, -0.1) is 0 Å². The second-order valence-corrected chi connectivity index (χ2v) is 21.4. The molecule has 0 aromatic rings. The Morgan fingerprint density at radius 1 is 0.526 bits per heavy atom. The molecule has 1 heterocycles. The van der Waals surface area contributed by atoms with E-state index in [1.807, 2.05) is 18.2 Å². The first-order chi connectivity index (χ1) is 37.2. The number of carbonyl (C=O) groups is 2. The van der Waals surface area contributed by atoms with E-state index in [9.17, 15) is 35.1 Å². The zero-order chi connectivity index (χ0) is 55.4. The molecule has 1 aliphatic heterocycles. The van der Waals surface area contributed by atoms with Gasteiger partial charge in [-0.2, -0.15) is 0 Å². The third kappa shape index (κ3) is 40.3. The lowest BCUT2D eigenvalue weighted by Gasteiger charge is -2.41. The van der Waals surface area contributed by atoms with Crippen molar-refractivity contribution in [2.75, 3.05) is 13.2 Å². The van der Waals surface area contributed by atoms with Crippen LogP contribution in [0.5, 0.6) is 0 Å². The molecule has 440 valence electrons. The lowest BCUT2D eigenvalue weighted by Crippen LogP contribution is -2.61. The monoisotopic (exact) mass is 1070 g/mol. The summed E-state index contributed by atoms with van der Waals surface area (Å²) in [5, 5.41) is 57.0. The maximum absolute atomic E-state index is 13.4. The Morgan fingerprint density at radius 2 is 0.947 bits per heavy atom. The average molecular weight is 1070 g/mol. The van der Waals surface area contributed by atoms with E-state index in [2.05, 4.69) is 74.7 Å². The van der Waals surface area contributed by atoms with Gasteiger partial charge in [0.15, 0.2) is 12.4 Å². The smallest absolute Gasteiger partial charge is 0.306 e. The predicted molar refractivity (Wildman–Crippen MR) is 315 cm³/mol. The number of hydrogen-bond donors (Lipinski definition) is 6. The van der Waals surface area contributed by atoms with Gasteiger partial charge in [0.25, 0.3) is 0 Å². The van der Waals surface area contributed by atoms with Crippen LogP contribution in [0.1, 0.15) is 265 Å². The third-order valence-corrected chi connectivity index (χ3v) is 14.4. The Balaban J connectivity index is 2.71. The van der Waals surface area contributed by atoms with Gasteiger partial charge in [-0.25, -0.2) is 0 Å². The minimum absolute atomic E-state index is 0.0440. The first-order valence-corrected chi connectivity index (χ1v) is 31.2. The molecule has 0 aromatic carbocycles. The van der Waals surface area contributed by atoms with Crippen LogP contribution in [0.2, 0.25) is 0 Å². The number of nitrogens with one attached hydrogen (secondary N) is 1. The van der Waals surface area contributed by atoms with E-state index in [1.54, 1.807) is 6.08 Å². The highest BCUT2D eigenvalue weighted by molar-refractivity contribution is 5.80. The number of esters is 1. The largest absolute Gasteiger partial charge is 0.454 e. The van der Waals surface area contributed by atoms with Gasteiger partial charge < -0.3 is 45.1 Å². The molecule has 0 spiro atoms. The molecule has 1 rings (SSSR count). The van der Waals surface area contributed by atoms with E-state index in [1.165, 1.54) is 141 Å². The Bertz CT molecular complexity index is 1510. The number of aliphatic hydroxyl groups excluding tert-OH is 5. The Hall–Kier alpha value is -2.90. The SMILES string of the molecule is CC/C=C\C/C=C\C/C=C\C/C=C\C/C=C\CCCC(=O)OC1C(OCC(NC(=O)C(O)CCCCCCCCCCCCCCCCCCCC)C(O)/C=C/CCCCCCCCCCCC)OC(CO)C(O)C1O. The second-order valence-electron chi connectivity index (χ2n) is 21.4. The van der Waals surface area contributed by atoms with Gasteiger partial charge in [0, 0.05) is 6.42 Å². The van der Waals surface area contributed by atoms with E-state index in [4.69, 9.17) is 14.2 Å². The lowest BCUT2D eigenvalue weighted by molar-refractivity contribution is -0.305. The van der Waals surface area contributed by atoms with Crippen molar-refractivity contribution in [1.82, 2.24) is 5.32 Å². The van der Waals surface area contributed by atoms with Crippen molar-refractivity contribution >= 4 is 11.9 Å². The summed E-state index contributed by atoms with van der Waals surface area (Å²) in [5.41, 5.74) is 0. The number of ether oxygens (including phenoxy) is 3. The zero-order valence-electron chi connectivity index (χ0n) is 48.6. The highest BCUT2D eigenvalue weighted by Gasteiger charge is 2.47. The number of hydrogen-bond acceptors (Lipinski definition) is 10. The Kier molecular flexibility index (Phi) is 49.4. The third-order valence-electron chi connectivity index (χ3n) is 14.4. The molecule has 1 aliphatic rings. The minimum Gasteiger partial charge on any atom is -0.454 e. The first kappa shape index (κ1) is 71.1. The van der Waals surface area contributed by atoms with Gasteiger partial charge >= 0.3 is 5.97 Å². The van der Waals surface area contributed by atoms with Crippen LogP contribution in [0.4, 0.5) is 0 Å². The van der Waals surface area contributed by atoms with Crippen LogP contribution in [0.15, 0.2) is 72.9 Å². The molecule has 11 nitrogen and oxygen atoms in total.